The van der Waals surface area contributed by atoms with E-state index in [1.54, 1.807) is 4.90 Å². The third-order valence-electron chi connectivity index (χ3n) is 4.74. The molecule has 128 valence electrons. The van der Waals surface area contributed by atoms with Gasteiger partial charge in [-0.05, 0) is 37.8 Å². The summed E-state index contributed by atoms with van der Waals surface area (Å²) in [6.45, 7) is 2.71. The lowest BCUT2D eigenvalue weighted by Gasteiger charge is -2.33. The summed E-state index contributed by atoms with van der Waals surface area (Å²) in [6, 6.07) is 4.41. The second-order valence-electron chi connectivity index (χ2n) is 6.31. The van der Waals surface area contributed by atoms with Gasteiger partial charge in [-0.3, -0.25) is 9.59 Å². The average Bonchev–Trinajstić information content (AvgIpc) is 3.15. The van der Waals surface area contributed by atoms with E-state index < -0.39 is 5.97 Å². The van der Waals surface area contributed by atoms with E-state index in [0.717, 1.165) is 25.9 Å². The average molecular weight is 331 g/mol. The van der Waals surface area contributed by atoms with Crippen molar-refractivity contribution in [1.82, 2.24) is 14.8 Å². The number of carboxylic acids is 1. The number of piperidine rings is 1. The summed E-state index contributed by atoms with van der Waals surface area (Å²) in [6.07, 6.45) is 3.46. The number of carboxylic acid groups (broad SMARTS) is 1. The van der Waals surface area contributed by atoms with Crippen LogP contribution in [0.15, 0.2) is 18.2 Å². The van der Waals surface area contributed by atoms with E-state index in [-0.39, 0.29) is 29.1 Å². The first-order valence-corrected chi connectivity index (χ1v) is 8.34. The molecule has 0 bridgehead atoms. The predicted molar refractivity (Wildman–Crippen MR) is 85.6 cm³/mol. The van der Waals surface area contributed by atoms with Gasteiger partial charge in [0.1, 0.15) is 11.4 Å². The first-order chi connectivity index (χ1) is 11.6. The number of carbonyl (C=O) groups excluding carboxylic acids is 2. The number of pyridine rings is 1. The summed E-state index contributed by atoms with van der Waals surface area (Å²) in [5.74, 6) is -1.22. The van der Waals surface area contributed by atoms with Gasteiger partial charge in [0.25, 0.3) is 5.91 Å². The van der Waals surface area contributed by atoms with Gasteiger partial charge in [-0.1, -0.05) is 6.07 Å². The first-order valence-electron chi connectivity index (χ1n) is 8.34. The number of nitrogens with zero attached hydrogens (tertiary/aromatic N) is 3. The van der Waals surface area contributed by atoms with Crippen molar-refractivity contribution >= 4 is 17.8 Å². The molecule has 3 heterocycles. The van der Waals surface area contributed by atoms with Gasteiger partial charge in [-0.15, -0.1) is 0 Å². The summed E-state index contributed by atoms with van der Waals surface area (Å²) < 4.78 is 0. The van der Waals surface area contributed by atoms with Crippen LogP contribution < -0.4 is 0 Å². The highest BCUT2D eigenvalue weighted by molar-refractivity contribution is 5.94. The summed E-state index contributed by atoms with van der Waals surface area (Å²) in [7, 11) is 0. The SMILES string of the molecule is O=C(O)c1cccc(C(=O)N2CCC(C(=O)N3CCCC3)CC2)n1. The molecule has 7 heteroatoms. The lowest BCUT2D eigenvalue weighted by atomic mass is 9.95. The molecule has 1 N–H and O–H groups in total. The molecule has 2 fully saturated rings. The van der Waals surface area contributed by atoms with Crippen molar-refractivity contribution in [3.63, 3.8) is 0 Å². The van der Waals surface area contributed by atoms with Crippen LogP contribution in [0.3, 0.4) is 0 Å². The van der Waals surface area contributed by atoms with Crippen LogP contribution in [0.1, 0.15) is 46.7 Å². The molecular formula is C17H21N3O4. The van der Waals surface area contributed by atoms with Crippen molar-refractivity contribution in [2.24, 2.45) is 5.92 Å². The van der Waals surface area contributed by atoms with Crippen LogP contribution in [0, 0.1) is 5.92 Å². The monoisotopic (exact) mass is 331 g/mol. The number of aromatic nitrogens is 1. The zero-order valence-electron chi connectivity index (χ0n) is 13.5. The van der Waals surface area contributed by atoms with Crippen LogP contribution in [0.4, 0.5) is 0 Å². The number of likely N-dealkylation sites (tertiary alicyclic amines) is 2. The van der Waals surface area contributed by atoms with Crippen molar-refractivity contribution in [1.29, 1.82) is 0 Å². The molecular weight excluding hydrogens is 310 g/mol. The highest BCUT2D eigenvalue weighted by atomic mass is 16.4. The van der Waals surface area contributed by atoms with E-state index in [9.17, 15) is 14.4 Å². The quantitative estimate of drug-likeness (QED) is 0.900. The molecule has 2 aliphatic heterocycles. The molecule has 0 spiro atoms. The van der Waals surface area contributed by atoms with Crippen molar-refractivity contribution in [3.8, 4) is 0 Å². The number of aromatic carboxylic acids is 1. The Balaban J connectivity index is 1.60. The molecule has 0 aromatic carbocycles. The largest absolute Gasteiger partial charge is 0.477 e. The summed E-state index contributed by atoms with van der Waals surface area (Å²) in [5, 5.41) is 8.97. The van der Waals surface area contributed by atoms with E-state index in [1.165, 1.54) is 18.2 Å². The van der Waals surface area contributed by atoms with Crippen molar-refractivity contribution in [2.75, 3.05) is 26.2 Å². The topological polar surface area (TPSA) is 90.8 Å². The first kappa shape index (κ1) is 16.4. The van der Waals surface area contributed by atoms with Gasteiger partial charge in [0.15, 0.2) is 0 Å². The maximum absolute atomic E-state index is 12.5. The fourth-order valence-corrected chi connectivity index (χ4v) is 3.36. The van der Waals surface area contributed by atoms with Crippen LogP contribution in [0.2, 0.25) is 0 Å². The second-order valence-corrected chi connectivity index (χ2v) is 6.31. The molecule has 0 radical (unpaired) electrons. The summed E-state index contributed by atoms with van der Waals surface area (Å²) >= 11 is 0. The second kappa shape index (κ2) is 6.98. The number of hydrogen-bond donors (Lipinski definition) is 1. The minimum Gasteiger partial charge on any atom is -0.477 e. The van der Waals surface area contributed by atoms with Crippen LogP contribution in [-0.4, -0.2) is 63.9 Å². The molecule has 2 amide bonds. The van der Waals surface area contributed by atoms with E-state index in [1.807, 2.05) is 4.90 Å². The van der Waals surface area contributed by atoms with Crippen molar-refractivity contribution in [3.05, 3.63) is 29.6 Å². The van der Waals surface area contributed by atoms with Gasteiger partial charge in [-0.2, -0.15) is 0 Å². The molecule has 0 unspecified atom stereocenters. The van der Waals surface area contributed by atoms with Gasteiger partial charge in [0, 0.05) is 32.1 Å². The smallest absolute Gasteiger partial charge is 0.354 e. The van der Waals surface area contributed by atoms with Gasteiger partial charge in [0.2, 0.25) is 5.91 Å². The number of rotatable bonds is 3. The van der Waals surface area contributed by atoms with E-state index >= 15 is 0 Å². The fourth-order valence-electron chi connectivity index (χ4n) is 3.36. The molecule has 2 saturated heterocycles. The Labute approximate surface area is 140 Å². The maximum atomic E-state index is 12.5. The Morgan fingerprint density at radius 1 is 0.958 bits per heavy atom. The summed E-state index contributed by atoms with van der Waals surface area (Å²) in [4.78, 5) is 43.3. The zero-order valence-corrected chi connectivity index (χ0v) is 13.5. The highest BCUT2D eigenvalue weighted by Gasteiger charge is 2.31. The Kier molecular flexibility index (Phi) is 4.78. The Bertz CT molecular complexity index is 647. The molecule has 2 aliphatic rings. The predicted octanol–water partition coefficient (Wildman–Crippen LogP) is 1.25. The molecule has 1 aromatic rings. The van der Waals surface area contributed by atoms with Gasteiger partial charge in [-0.25, -0.2) is 9.78 Å². The molecule has 1 aromatic heterocycles. The molecule has 24 heavy (non-hydrogen) atoms. The molecule has 0 aliphatic carbocycles. The lowest BCUT2D eigenvalue weighted by Crippen LogP contribution is -2.44. The molecule has 7 nitrogen and oxygen atoms in total. The zero-order chi connectivity index (χ0) is 17.1. The molecule has 0 atom stereocenters. The third kappa shape index (κ3) is 3.39. The number of amides is 2. The van der Waals surface area contributed by atoms with Crippen molar-refractivity contribution < 1.29 is 19.5 Å². The molecule has 3 rings (SSSR count). The number of carbonyl (C=O) groups is 3. The normalized spacial score (nSPS) is 18.7. The van der Waals surface area contributed by atoms with E-state index in [4.69, 9.17) is 5.11 Å². The standard InChI is InChI=1S/C17H21N3O4/c21-15(19-8-1-2-9-19)12-6-10-20(11-7-12)16(22)13-4-3-5-14(18-13)17(23)24/h3-5,12H,1-2,6-11H2,(H,23,24). The van der Waals surface area contributed by atoms with Crippen LogP contribution in [0.25, 0.3) is 0 Å². The van der Waals surface area contributed by atoms with Crippen LogP contribution in [0.5, 0.6) is 0 Å². The summed E-state index contributed by atoms with van der Waals surface area (Å²) in [5.41, 5.74) is -0.000772. The Hall–Kier alpha value is -2.44. The van der Waals surface area contributed by atoms with Gasteiger partial charge < -0.3 is 14.9 Å². The van der Waals surface area contributed by atoms with E-state index in [0.29, 0.717) is 25.9 Å². The highest BCUT2D eigenvalue weighted by Crippen LogP contribution is 2.23. The Morgan fingerprint density at radius 3 is 2.21 bits per heavy atom. The van der Waals surface area contributed by atoms with Crippen LogP contribution in [-0.2, 0) is 4.79 Å². The van der Waals surface area contributed by atoms with Crippen LogP contribution >= 0.6 is 0 Å². The van der Waals surface area contributed by atoms with Crippen molar-refractivity contribution in [2.45, 2.75) is 25.7 Å². The minimum atomic E-state index is -1.15. The maximum Gasteiger partial charge on any atom is 0.354 e. The van der Waals surface area contributed by atoms with Gasteiger partial charge in [0.05, 0.1) is 0 Å². The third-order valence-corrected chi connectivity index (χ3v) is 4.74. The fraction of sp³-hybridized carbons (Fsp3) is 0.529. The Morgan fingerprint density at radius 2 is 1.58 bits per heavy atom. The van der Waals surface area contributed by atoms with Gasteiger partial charge >= 0.3 is 5.97 Å². The lowest BCUT2D eigenvalue weighted by molar-refractivity contribution is -0.135. The minimum absolute atomic E-state index is 0.00883. The molecule has 0 saturated carbocycles. The number of hydrogen-bond acceptors (Lipinski definition) is 4. The van der Waals surface area contributed by atoms with E-state index in [2.05, 4.69) is 4.98 Å².